The van der Waals surface area contributed by atoms with E-state index in [0.29, 0.717) is 5.69 Å². The fraction of sp³-hybridized carbons (Fsp3) is 0.429. The van der Waals surface area contributed by atoms with E-state index in [0.717, 1.165) is 51.5 Å². The Labute approximate surface area is 161 Å². The molecule has 2 aromatic rings. The molecule has 144 valence electrons. The Morgan fingerprint density at radius 2 is 1.81 bits per heavy atom. The molecule has 0 atom stereocenters. The minimum atomic E-state index is 0.0224. The molecule has 1 aromatic carbocycles. The molecule has 0 unspecified atom stereocenters. The van der Waals surface area contributed by atoms with E-state index in [1.54, 1.807) is 6.20 Å². The van der Waals surface area contributed by atoms with Crippen molar-refractivity contribution in [3.63, 3.8) is 0 Å². The van der Waals surface area contributed by atoms with Gasteiger partial charge in [0.1, 0.15) is 5.69 Å². The van der Waals surface area contributed by atoms with Gasteiger partial charge in [-0.1, -0.05) is 30.3 Å². The maximum absolute atomic E-state index is 12.7. The van der Waals surface area contributed by atoms with Crippen LogP contribution in [0.15, 0.2) is 48.7 Å². The molecule has 1 aliphatic rings. The van der Waals surface area contributed by atoms with Crippen molar-refractivity contribution in [1.82, 2.24) is 19.7 Å². The molecule has 0 spiro atoms. The van der Waals surface area contributed by atoms with Crippen LogP contribution in [0.5, 0.6) is 0 Å². The Morgan fingerprint density at radius 1 is 1.07 bits per heavy atom. The van der Waals surface area contributed by atoms with Gasteiger partial charge in [-0.2, -0.15) is 0 Å². The summed E-state index contributed by atoms with van der Waals surface area (Å²) in [7, 11) is 4.09. The van der Waals surface area contributed by atoms with Crippen LogP contribution < -0.4 is 5.32 Å². The lowest BCUT2D eigenvalue weighted by Gasteiger charge is -2.34. The maximum atomic E-state index is 12.7. The highest BCUT2D eigenvalue weighted by molar-refractivity contribution is 5.92. The first-order valence-electron chi connectivity index (χ1n) is 9.52. The quantitative estimate of drug-likeness (QED) is 0.811. The van der Waals surface area contributed by atoms with Crippen LogP contribution >= 0.6 is 0 Å². The number of carbonyl (C=O) groups excluding carboxylic acids is 1. The summed E-state index contributed by atoms with van der Waals surface area (Å²) in [5.41, 5.74) is 2.78. The smallest absolute Gasteiger partial charge is 0.272 e. The number of anilines is 1. The Bertz CT molecular complexity index is 709. The molecule has 1 aliphatic heterocycles. The fourth-order valence-corrected chi connectivity index (χ4v) is 3.16. The van der Waals surface area contributed by atoms with Crippen LogP contribution in [0.4, 0.5) is 5.69 Å². The number of aromatic nitrogens is 1. The molecule has 1 saturated heterocycles. The van der Waals surface area contributed by atoms with Crippen LogP contribution in [-0.4, -0.2) is 79.0 Å². The van der Waals surface area contributed by atoms with Gasteiger partial charge in [-0.15, -0.1) is 0 Å². The van der Waals surface area contributed by atoms with Crippen molar-refractivity contribution in [3.05, 3.63) is 59.9 Å². The molecular weight excluding hydrogens is 338 g/mol. The van der Waals surface area contributed by atoms with Gasteiger partial charge in [-0.3, -0.25) is 9.69 Å². The first kappa shape index (κ1) is 19.3. The second-order valence-corrected chi connectivity index (χ2v) is 7.22. The number of nitrogens with one attached hydrogen (secondary N) is 1. The molecule has 1 aromatic heterocycles. The SMILES string of the molecule is CN(C)CCNc1ccc(C(=O)N2CCN(Cc3ccccc3)CC2)nc1. The summed E-state index contributed by atoms with van der Waals surface area (Å²) in [5, 5.41) is 3.31. The molecule has 6 heteroatoms. The van der Waals surface area contributed by atoms with E-state index < -0.39 is 0 Å². The van der Waals surface area contributed by atoms with Gasteiger partial charge in [0.15, 0.2) is 0 Å². The van der Waals surface area contributed by atoms with Crippen LogP contribution in [0.2, 0.25) is 0 Å². The number of carbonyl (C=O) groups is 1. The predicted octanol–water partition coefficient (Wildman–Crippen LogP) is 2.01. The van der Waals surface area contributed by atoms with E-state index in [1.807, 2.05) is 37.2 Å². The summed E-state index contributed by atoms with van der Waals surface area (Å²) in [6.07, 6.45) is 1.74. The standard InChI is InChI=1S/C21H29N5O/c1-24(2)11-10-22-19-8-9-20(23-16-19)21(27)26-14-12-25(13-15-26)17-18-6-4-3-5-7-18/h3-9,16,22H,10-15,17H2,1-2H3. The lowest BCUT2D eigenvalue weighted by Crippen LogP contribution is -2.48. The Morgan fingerprint density at radius 3 is 2.44 bits per heavy atom. The van der Waals surface area contributed by atoms with Crippen molar-refractivity contribution in [2.24, 2.45) is 0 Å². The van der Waals surface area contributed by atoms with Gasteiger partial charge in [0.25, 0.3) is 5.91 Å². The molecule has 0 aliphatic carbocycles. The zero-order valence-corrected chi connectivity index (χ0v) is 16.3. The lowest BCUT2D eigenvalue weighted by atomic mass is 10.2. The number of pyridine rings is 1. The van der Waals surface area contributed by atoms with Gasteiger partial charge >= 0.3 is 0 Å². The predicted molar refractivity (Wildman–Crippen MR) is 109 cm³/mol. The fourth-order valence-electron chi connectivity index (χ4n) is 3.16. The third-order valence-corrected chi connectivity index (χ3v) is 4.78. The minimum Gasteiger partial charge on any atom is -0.383 e. The molecule has 3 rings (SSSR count). The minimum absolute atomic E-state index is 0.0224. The number of rotatable bonds is 7. The van der Waals surface area contributed by atoms with Crippen molar-refractivity contribution in [2.75, 3.05) is 58.7 Å². The number of likely N-dealkylation sites (N-methyl/N-ethyl adjacent to an activating group) is 1. The zero-order valence-electron chi connectivity index (χ0n) is 16.3. The number of benzene rings is 1. The highest BCUT2D eigenvalue weighted by atomic mass is 16.2. The average Bonchev–Trinajstić information content (AvgIpc) is 2.69. The summed E-state index contributed by atoms with van der Waals surface area (Å²) in [4.78, 5) is 23.5. The second-order valence-electron chi connectivity index (χ2n) is 7.22. The Balaban J connectivity index is 1.47. The number of piperazine rings is 1. The normalized spacial score (nSPS) is 15.1. The Kier molecular flexibility index (Phi) is 6.79. The third kappa shape index (κ3) is 5.77. The highest BCUT2D eigenvalue weighted by Gasteiger charge is 2.22. The van der Waals surface area contributed by atoms with Crippen molar-refractivity contribution in [2.45, 2.75) is 6.54 Å². The molecule has 0 bridgehead atoms. The largest absolute Gasteiger partial charge is 0.383 e. The van der Waals surface area contributed by atoms with Crippen molar-refractivity contribution in [1.29, 1.82) is 0 Å². The van der Waals surface area contributed by atoms with Crippen molar-refractivity contribution < 1.29 is 4.79 Å². The first-order valence-corrected chi connectivity index (χ1v) is 9.52. The van der Waals surface area contributed by atoms with Gasteiger partial charge in [-0.05, 0) is 31.8 Å². The van der Waals surface area contributed by atoms with E-state index in [9.17, 15) is 4.79 Å². The van der Waals surface area contributed by atoms with Crippen LogP contribution in [0.3, 0.4) is 0 Å². The van der Waals surface area contributed by atoms with Gasteiger partial charge < -0.3 is 15.1 Å². The topological polar surface area (TPSA) is 51.7 Å². The van der Waals surface area contributed by atoms with Gasteiger partial charge in [0, 0.05) is 45.8 Å². The number of amides is 1. The van der Waals surface area contributed by atoms with E-state index in [4.69, 9.17) is 0 Å². The molecule has 1 fully saturated rings. The molecule has 0 saturated carbocycles. The van der Waals surface area contributed by atoms with Crippen LogP contribution in [-0.2, 0) is 6.54 Å². The van der Waals surface area contributed by atoms with Crippen LogP contribution in [0.1, 0.15) is 16.1 Å². The Hall–Kier alpha value is -2.44. The maximum Gasteiger partial charge on any atom is 0.272 e. The number of hydrogen-bond donors (Lipinski definition) is 1. The van der Waals surface area contributed by atoms with Crippen LogP contribution in [0, 0.1) is 0 Å². The van der Waals surface area contributed by atoms with E-state index >= 15 is 0 Å². The highest BCUT2D eigenvalue weighted by Crippen LogP contribution is 2.12. The number of hydrogen-bond acceptors (Lipinski definition) is 5. The number of nitrogens with zero attached hydrogens (tertiary/aromatic N) is 4. The molecule has 27 heavy (non-hydrogen) atoms. The molecule has 0 radical (unpaired) electrons. The second kappa shape index (κ2) is 9.48. The van der Waals surface area contributed by atoms with Crippen LogP contribution in [0.25, 0.3) is 0 Å². The van der Waals surface area contributed by atoms with Crippen molar-refractivity contribution in [3.8, 4) is 0 Å². The van der Waals surface area contributed by atoms with Crippen molar-refractivity contribution >= 4 is 11.6 Å². The molecule has 1 N–H and O–H groups in total. The van der Waals surface area contributed by atoms with Gasteiger partial charge in [0.05, 0.1) is 11.9 Å². The summed E-state index contributed by atoms with van der Waals surface area (Å²) < 4.78 is 0. The molecular formula is C21H29N5O. The summed E-state index contributed by atoms with van der Waals surface area (Å²) >= 11 is 0. The molecule has 6 nitrogen and oxygen atoms in total. The molecule has 1 amide bonds. The average molecular weight is 367 g/mol. The third-order valence-electron chi connectivity index (χ3n) is 4.78. The van der Waals surface area contributed by atoms with E-state index in [2.05, 4.69) is 44.4 Å². The summed E-state index contributed by atoms with van der Waals surface area (Å²) in [6, 6.07) is 14.2. The first-order chi connectivity index (χ1) is 13.1. The zero-order chi connectivity index (χ0) is 19.1. The van der Waals surface area contributed by atoms with Gasteiger partial charge in [-0.25, -0.2) is 4.98 Å². The summed E-state index contributed by atoms with van der Waals surface area (Å²) in [5.74, 6) is 0.0224. The summed E-state index contributed by atoms with van der Waals surface area (Å²) in [6.45, 7) is 6.02. The van der Waals surface area contributed by atoms with E-state index in [-0.39, 0.29) is 5.91 Å². The monoisotopic (exact) mass is 367 g/mol. The van der Waals surface area contributed by atoms with E-state index in [1.165, 1.54) is 5.56 Å². The molecule has 2 heterocycles. The lowest BCUT2D eigenvalue weighted by molar-refractivity contribution is 0.0623. The van der Waals surface area contributed by atoms with Gasteiger partial charge in [0.2, 0.25) is 0 Å².